The molecule has 7 heteroatoms. The van der Waals surface area contributed by atoms with E-state index in [1.165, 1.54) is 4.88 Å². The average molecular weight is 358 g/mol. The Kier molecular flexibility index (Phi) is 6.89. The molecule has 0 saturated heterocycles. The summed E-state index contributed by atoms with van der Waals surface area (Å²) in [5.74, 6) is 1.21. The van der Waals surface area contributed by atoms with Gasteiger partial charge in [0.05, 0.1) is 10.9 Å². The lowest BCUT2D eigenvalue weighted by atomic mass is 10.2. The lowest BCUT2D eigenvalue weighted by Crippen LogP contribution is -2.18. The Balaban J connectivity index is 2.29. The number of alkyl halides is 1. The van der Waals surface area contributed by atoms with Gasteiger partial charge >= 0.3 is 5.69 Å². The molecule has 2 rings (SSSR count). The van der Waals surface area contributed by atoms with Crippen LogP contribution in [-0.2, 0) is 6.42 Å². The minimum Gasteiger partial charge on any atom is -0.382 e. The van der Waals surface area contributed by atoms with E-state index >= 15 is 0 Å². The highest BCUT2D eigenvalue weighted by Crippen LogP contribution is 2.38. The summed E-state index contributed by atoms with van der Waals surface area (Å²) >= 11 is 3.42. The highest BCUT2D eigenvalue weighted by atomic mass is 32.2. The molecule has 2 N–H and O–H groups in total. The molecule has 0 saturated carbocycles. The predicted octanol–water partition coefficient (Wildman–Crippen LogP) is 4.20. The van der Waals surface area contributed by atoms with Gasteiger partial charge in [-0.25, -0.2) is 4.79 Å². The van der Waals surface area contributed by atoms with Gasteiger partial charge in [0.2, 0.25) is 0 Å². The minimum absolute atomic E-state index is 0.252. The molecule has 0 bridgehead atoms. The number of fused-ring (bicyclic) bond motifs is 1. The Morgan fingerprint density at radius 1 is 1.30 bits per heavy atom. The van der Waals surface area contributed by atoms with Crippen molar-refractivity contribution in [3.05, 3.63) is 21.1 Å². The quantitative estimate of drug-likeness (QED) is 0.540. The maximum absolute atomic E-state index is 12.2. The van der Waals surface area contributed by atoms with Crippen molar-refractivity contribution in [2.75, 3.05) is 18.2 Å². The highest BCUT2D eigenvalue weighted by Gasteiger charge is 2.22. The molecule has 0 radical (unpaired) electrons. The molecule has 0 amide bonds. The van der Waals surface area contributed by atoms with Gasteiger partial charge in [-0.05, 0) is 38.4 Å². The molecule has 2 aliphatic rings. The topological polar surface area (TPSA) is 60.9 Å². The van der Waals surface area contributed by atoms with Crippen LogP contribution in [0.4, 0.5) is 10.2 Å². The summed E-state index contributed by atoms with van der Waals surface area (Å²) in [6.07, 6.45) is 5.66. The van der Waals surface area contributed by atoms with Gasteiger partial charge in [0.1, 0.15) is 5.69 Å². The van der Waals surface area contributed by atoms with Crippen LogP contribution in [0.1, 0.15) is 49.6 Å². The normalized spacial score (nSPS) is 11.4. The molecule has 23 heavy (non-hydrogen) atoms. The number of nitrogens with two attached hydrogens (primary N) is 1. The predicted molar refractivity (Wildman–Crippen MR) is 97.2 cm³/mol. The van der Waals surface area contributed by atoms with Gasteiger partial charge in [-0.1, -0.05) is 19.8 Å². The number of hydrogen-bond donors (Lipinski definition) is 1. The molecule has 0 spiro atoms. The van der Waals surface area contributed by atoms with E-state index in [2.05, 4.69) is 11.9 Å². The SMILES string of the molecule is CCCCc1sc(SCCCCCF)c2c(N)nc(=O)n-2c1C. The van der Waals surface area contributed by atoms with E-state index in [1.54, 1.807) is 27.7 Å². The van der Waals surface area contributed by atoms with Crippen molar-refractivity contribution in [1.29, 1.82) is 0 Å². The molecular weight excluding hydrogens is 333 g/mol. The van der Waals surface area contributed by atoms with E-state index < -0.39 is 0 Å². The van der Waals surface area contributed by atoms with Gasteiger partial charge in [-0.3, -0.25) is 8.96 Å². The maximum Gasteiger partial charge on any atom is 0.354 e. The summed E-state index contributed by atoms with van der Waals surface area (Å²) in [5.41, 5.74) is 7.37. The number of halogens is 1. The van der Waals surface area contributed by atoms with Crippen LogP contribution in [0.2, 0.25) is 0 Å². The van der Waals surface area contributed by atoms with Crippen LogP contribution in [0.15, 0.2) is 9.00 Å². The first kappa shape index (κ1) is 18.3. The Morgan fingerprint density at radius 2 is 2.09 bits per heavy atom. The second-order valence-electron chi connectivity index (χ2n) is 5.56. The summed E-state index contributed by atoms with van der Waals surface area (Å²) < 4.78 is 14.9. The first-order valence-corrected chi connectivity index (χ1v) is 9.89. The van der Waals surface area contributed by atoms with Gasteiger partial charge in [0.25, 0.3) is 0 Å². The summed E-state index contributed by atoms with van der Waals surface area (Å²) in [5, 5.41) is 0. The molecule has 0 aromatic heterocycles. The van der Waals surface area contributed by atoms with E-state index in [9.17, 15) is 9.18 Å². The monoisotopic (exact) mass is 357 g/mol. The van der Waals surface area contributed by atoms with Crippen molar-refractivity contribution < 1.29 is 4.39 Å². The number of aryl methyl sites for hydroxylation is 1. The number of nitrogen functional groups attached to an aromatic ring is 1. The Hall–Kier alpha value is -1.08. The Morgan fingerprint density at radius 3 is 2.78 bits per heavy atom. The zero-order chi connectivity index (χ0) is 16.8. The van der Waals surface area contributed by atoms with E-state index in [-0.39, 0.29) is 12.4 Å². The van der Waals surface area contributed by atoms with Gasteiger partial charge < -0.3 is 5.73 Å². The van der Waals surface area contributed by atoms with Crippen LogP contribution < -0.4 is 11.4 Å². The van der Waals surface area contributed by atoms with Crippen LogP contribution in [0.3, 0.4) is 0 Å². The lowest BCUT2D eigenvalue weighted by Gasteiger charge is -2.16. The zero-order valence-corrected chi connectivity index (χ0v) is 15.4. The van der Waals surface area contributed by atoms with Gasteiger partial charge in [-0.2, -0.15) is 4.98 Å². The second kappa shape index (κ2) is 8.68. The summed E-state index contributed by atoms with van der Waals surface area (Å²) in [6.45, 7) is 3.87. The van der Waals surface area contributed by atoms with Crippen LogP contribution in [0.5, 0.6) is 0 Å². The number of hydrogen-bond acceptors (Lipinski definition) is 5. The minimum atomic E-state index is -0.292. The Bertz CT molecular complexity index is 668. The van der Waals surface area contributed by atoms with Crippen molar-refractivity contribution in [3.63, 3.8) is 0 Å². The molecule has 0 atom stereocenters. The van der Waals surface area contributed by atoms with E-state index in [1.807, 2.05) is 6.92 Å². The lowest BCUT2D eigenvalue weighted by molar-refractivity contribution is 0.460. The fraction of sp³-hybridized carbons (Fsp3) is 0.625. The molecule has 2 aliphatic heterocycles. The molecule has 0 aliphatic carbocycles. The first-order chi connectivity index (χ1) is 11.1. The third kappa shape index (κ3) is 4.26. The summed E-state index contributed by atoms with van der Waals surface area (Å²) in [7, 11) is 0. The maximum atomic E-state index is 12.2. The van der Waals surface area contributed by atoms with Crippen LogP contribution in [-0.4, -0.2) is 22.0 Å². The average Bonchev–Trinajstić information content (AvgIpc) is 2.83. The molecular formula is C16H24FN3OS2. The van der Waals surface area contributed by atoms with Crippen molar-refractivity contribution in [3.8, 4) is 5.69 Å². The van der Waals surface area contributed by atoms with E-state index in [4.69, 9.17) is 5.73 Å². The molecule has 0 aromatic rings. The number of thioether (sulfide) groups is 1. The van der Waals surface area contributed by atoms with Gasteiger partial charge in [0, 0.05) is 10.6 Å². The largest absolute Gasteiger partial charge is 0.382 e. The number of rotatable bonds is 9. The van der Waals surface area contributed by atoms with Crippen LogP contribution in [0, 0.1) is 6.92 Å². The standard InChI is InChI=1S/C16H24FN3OS2/c1-3-4-8-12-11(2)20-13(14(18)19-16(20)21)15(23-12)22-10-7-5-6-9-17/h3-10H2,1-2H3,(H2,18,19,21). The van der Waals surface area contributed by atoms with Crippen molar-refractivity contribution >= 4 is 28.9 Å². The third-order valence-corrected chi connectivity index (χ3v) is 6.47. The van der Waals surface area contributed by atoms with Gasteiger partial charge in [-0.15, -0.1) is 23.1 Å². The number of aromatic nitrogens is 2. The fourth-order valence-corrected chi connectivity index (χ4v) is 5.14. The number of unbranched alkanes of at least 4 members (excludes halogenated alkanes) is 3. The molecule has 2 heterocycles. The zero-order valence-electron chi connectivity index (χ0n) is 13.7. The number of imidazole rings is 1. The van der Waals surface area contributed by atoms with E-state index in [0.717, 1.165) is 53.4 Å². The Labute approximate surface area is 144 Å². The molecule has 0 unspecified atom stereocenters. The molecule has 128 valence electrons. The van der Waals surface area contributed by atoms with Crippen molar-refractivity contribution in [2.45, 2.75) is 56.6 Å². The van der Waals surface area contributed by atoms with Crippen LogP contribution >= 0.6 is 23.1 Å². The van der Waals surface area contributed by atoms with Crippen molar-refractivity contribution in [2.24, 2.45) is 0 Å². The van der Waals surface area contributed by atoms with Gasteiger partial charge in [0.15, 0.2) is 5.82 Å². The smallest absolute Gasteiger partial charge is 0.354 e. The molecule has 0 fully saturated rings. The fourth-order valence-electron chi connectivity index (χ4n) is 2.49. The second-order valence-corrected chi connectivity index (χ2v) is 8.03. The third-order valence-electron chi connectivity index (χ3n) is 3.79. The summed E-state index contributed by atoms with van der Waals surface area (Å²) in [4.78, 5) is 17.3. The summed E-state index contributed by atoms with van der Waals surface area (Å²) in [6, 6.07) is 0. The molecule has 0 aromatic carbocycles. The van der Waals surface area contributed by atoms with Crippen molar-refractivity contribution in [1.82, 2.24) is 9.55 Å². The number of nitrogens with zero attached hydrogens (tertiary/aromatic N) is 2. The van der Waals surface area contributed by atoms with E-state index in [0.29, 0.717) is 12.2 Å². The first-order valence-electron chi connectivity index (χ1n) is 8.09. The highest BCUT2D eigenvalue weighted by molar-refractivity contribution is 8.01. The molecule has 4 nitrogen and oxygen atoms in total. The number of anilines is 1. The van der Waals surface area contributed by atoms with Crippen LogP contribution in [0.25, 0.3) is 5.69 Å².